The number of ether oxygens (including phenoxy) is 1. The second-order valence-electron chi connectivity index (χ2n) is 15.7. The molecule has 0 spiro atoms. The van der Waals surface area contributed by atoms with E-state index in [9.17, 15) is 0 Å². The Bertz CT molecular complexity index is 2920. The highest BCUT2D eigenvalue weighted by Gasteiger charge is 2.47. The van der Waals surface area contributed by atoms with Crippen LogP contribution in [-0.4, -0.2) is 0 Å². The molecule has 2 nitrogen and oxygen atoms in total. The largest absolute Gasteiger partial charge is 0.457 e. The molecule has 0 aromatic heterocycles. The molecule has 0 radical (unpaired) electrons. The van der Waals surface area contributed by atoms with Crippen LogP contribution < -0.4 is 9.64 Å². The first-order valence-electron chi connectivity index (χ1n) is 20.4. The summed E-state index contributed by atoms with van der Waals surface area (Å²) >= 11 is 0. The Labute approximate surface area is 346 Å². The molecule has 2 heteroatoms. The maximum Gasteiger partial charge on any atom is 0.132 e. The fourth-order valence-corrected chi connectivity index (χ4v) is 9.97. The normalized spacial score (nSPS) is 15.5. The van der Waals surface area contributed by atoms with E-state index in [0.717, 1.165) is 39.7 Å². The number of para-hydroxylation sites is 1. The lowest BCUT2D eigenvalue weighted by Gasteiger charge is -2.39. The third kappa shape index (κ3) is 5.34. The molecule has 1 aliphatic carbocycles. The lowest BCUT2D eigenvalue weighted by atomic mass is 9.68. The monoisotopic (exact) mass is 755 g/mol. The SMILES string of the molecule is CC1(c2ccccc2)c2ccccc2Oc2ccc(N(c3ccc(-c4ccccc4)cc3)c3cccc4c3-c3ccccc3C4(c3ccccc3)c3ccccc3)cc21. The zero-order valence-electron chi connectivity index (χ0n) is 32.8. The molecular weight excluding hydrogens is 715 g/mol. The van der Waals surface area contributed by atoms with Gasteiger partial charge in [-0.1, -0.05) is 188 Å². The summed E-state index contributed by atoms with van der Waals surface area (Å²) in [6.07, 6.45) is 0. The number of rotatable bonds is 7. The molecule has 1 unspecified atom stereocenters. The maximum atomic E-state index is 6.73. The molecule has 59 heavy (non-hydrogen) atoms. The molecule has 11 rings (SSSR count). The zero-order valence-corrected chi connectivity index (χ0v) is 32.8. The summed E-state index contributed by atoms with van der Waals surface area (Å²) in [4.78, 5) is 2.46. The highest BCUT2D eigenvalue weighted by atomic mass is 16.5. The van der Waals surface area contributed by atoms with E-state index in [1.165, 1.54) is 50.1 Å². The predicted octanol–water partition coefficient (Wildman–Crippen LogP) is 14.6. The highest BCUT2D eigenvalue weighted by Crippen LogP contribution is 2.60. The first-order valence-corrected chi connectivity index (χ1v) is 20.4. The summed E-state index contributed by atoms with van der Waals surface area (Å²) < 4.78 is 6.73. The molecule has 2 aliphatic rings. The Balaban J connectivity index is 1.19. The van der Waals surface area contributed by atoms with Gasteiger partial charge in [0.1, 0.15) is 11.5 Å². The smallest absolute Gasteiger partial charge is 0.132 e. The molecule has 0 amide bonds. The fourth-order valence-electron chi connectivity index (χ4n) is 9.97. The molecule has 0 saturated heterocycles. The van der Waals surface area contributed by atoms with Crippen LogP contribution >= 0.6 is 0 Å². The van der Waals surface area contributed by atoms with Crippen LogP contribution in [0.25, 0.3) is 22.3 Å². The number of hydrogen-bond donors (Lipinski definition) is 0. The number of nitrogens with zero attached hydrogens (tertiary/aromatic N) is 1. The topological polar surface area (TPSA) is 12.5 Å². The summed E-state index contributed by atoms with van der Waals surface area (Å²) in [5.41, 5.74) is 15.6. The molecular formula is C57H41NO. The van der Waals surface area contributed by atoms with E-state index in [1.807, 2.05) is 0 Å². The highest BCUT2D eigenvalue weighted by molar-refractivity contribution is 5.97. The summed E-state index contributed by atoms with van der Waals surface area (Å²) in [6, 6.07) is 83.7. The number of benzene rings is 9. The Morgan fingerprint density at radius 2 is 0.881 bits per heavy atom. The molecule has 1 heterocycles. The van der Waals surface area contributed by atoms with Crippen molar-refractivity contribution in [2.75, 3.05) is 4.90 Å². The maximum absolute atomic E-state index is 6.73. The van der Waals surface area contributed by atoms with Crippen LogP contribution in [0.15, 0.2) is 231 Å². The Morgan fingerprint density at radius 3 is 1.56 bits per heavy atom. The Kier molecular flexibility index (Phi) is 8.20. The second kappa shape index (κ2) is 13.9. The molecule has 1 atom stereocenters. The average molecular weight is 756 g/mol. The van der Waals surface area contributed by atoms with E-state index in [1.54, 1.807) is 0 Å². The standard InChI is InChI=1S/C57H41NO/c1-56(42-21-8-3-9-22-42)49-29-16-17-32-53(49)59-54-38-37-46(39-51(54)56)58(45-35-33-41(34-36-45)40-19-6-2-7-20-40)52-31-18-30-50-55(52)47-27-14-15-28-48(47)57(50,43-23-10-4-11-24-43)44-25-12-5-13-26-44/h2-39H,1H3. The van der Waals surface area contributed by atoms with Crippen molar-refractivity contribution in [2.45, 2.75) is 17.8 Å². The van der Waals surface area contributed by atoms with Crippen LogP contribution in [0.1, 0.15) is 45.9 Å². The third-order valence-electron chi connectivity index (χ3n) is 12.7. The fraction of sp³-hybridized carbons (Fsp3) is 0.0526. The molecule has 0 N–H and O–H groups in total. The van der Waals surface area contributed by atoms with Gasteiger partial charge in [0.15, 0.2) is 0 Å². The average Bonchev–Trinajstić information content (AvgIpc) is 3.62. The molecule has 0 bridgehead atoms. The van der Waals surface area contributed by atoms with Crippen LogP contribution in [0, 0.1) is 0 Å². The minimum atomic E-state index is -0.521. The minimum Gasteiger partial charge on any atom is -0.457 e. The summed E-state index contributed by atoms with van der Waals surface area (Å²) in [5.74, 6) is 1.76. The number of hydrogen-bond acceptors (Lipinski definition) is 2. The van der Waals surface area contributed by atoms with Gasteiger partial charge >= 0.3 is 0 Å². The molecule has 0 saturated carbocycles. The van der Waals surface area contributed by atoms with Crippen LogP contribution in [-0.2, 0) is 10.8 Å². The predicted molar refractivity (Wildman–Crippen MR) is 242 cm³/mol. The molecule has 280 valence electrons. The van der Waals surface area contributed by atoms with Crippen molar-refractivity contribution in [3.8, 4) is 33.8 Å². The molecule has 9 aromatic carbocycles. The van der Waals surface area contributed by atoms with Gasteiger partial charge in [-0.05, 0) is 93.9 Å². The van der Waals surface area contributed by atoms with E-state index >= 15 is 0 Å². The van der Waals surface area contributed by atoms with Gasteiger partial charge in [-0.15, -0.1) is 0 Å². The zero-order chi connectivity index (χ0) is 39.4. The van der Waals surface area contributed by atoms with E-state index in [2.05, 4.69) is 242 Å². The van der Waals surface area contributed by atoms with Crippen LogP contribution in [0.2, 0.25) is 0 Å². The first kappa shape index (κ1) is 34.8. The van der Waals surface area contributed by atoms with Crippen molar-refractivity contribution in [2.24, 2.45) is 0 Å². The lowest BCUT2D eigenvalue weighted by Crippen LogP contribution is -2.29. The van der Waals surface area contributed by atoms with Crippen molar-refractivity contribution < 1.29 is 4.74 Å². The summed E-state index contributed by atoms with van der Waals surface area (Å²) in [7, 11) is 0. The molecule has 9 aromatic rings. The van der Waals surface area contributed by atoms with Crippen molar-refractivity contribution in [3.63, 3.8) is 0 Å². The van der Waals surface area contributed by atoms with E-state index in [0.29, 0.717) is 0 Å². The van der Waals surface area contributed by atoms with Gasteiger partial charge in [-0.2, -0.15) is 0 Å². The second-order valence-corrected chi connectivity index (χ2v) is 15.7. The van der Waals surface area contributed by atoms with Gasteiger partial charge in [-0.25, -0.2) is 0 Å². The summed E-state index contributed by atoms with van der Waals surface area (Å²) in [6.45, 7) is 2.34. The van der Waals surface area contributed by atoms with Crippen LogP contribution in [0.5, 0.6) is 11.5 Å². The minimum absolute atomic E-state index is 0.467. The number of anilines is 3. The van der Waals surface area contributed by atoms with E-state index < -0.39 is 10.8 Å². The summed E-state index contributed by atoms with van der Waals surface area (Å²) in [5, 5.41) is 0. The van der Waals surface area contributed by atoms with Gasteiger partial charge in [0.05, 0.1) is 11.1 Å². The van der Waals surface area contributed by atoms with Crippen molar-refractivity contribution >= 4 is 17.1 Å². The molecule has 1 aliphatic heterocycles. The Hall–Kier alpha value is -7.42. The van der Waals surface area contributed by atoms with Gasteiger partial charge in [0.2, 0.25) is 0 Å². The van der Waals surface area contributed by atoms with Gasteiger partial charge in [0.25, 0.3) is 0 Å². The van der Waals surface area contributed by atoms with E-state index in [-0.39, 0.29) is 0 Å². The first-order chi connectivity index (χ1) is 29.2. The van der Waals surface area contributed by atoms with Crippen LogP contribution in [0.4, 0.5) is 17.1 Å². The van der Waals surface area contributed by atoms with E-state index in [4.69, 9.17) is 4.74 Å². The van der Waals surface area contributed by atoms with Gasteiger partial charge < -0.3 is 9.64 Å². The molecule has 0 fully saturated rings. The van der Waals surface area contributed by atoms with Crippen molar-refractivity contribution in [1.82, 2.24) is 0 Å². The van der Waals surface area contributed by atoms with Crippen LogP contribution in [0.3, 0.4) is 0 Å². The Morgan fingerprint density at radius 1 is 0.373 bits per heavy atom. The van der Waals surface area contributed by atoms with Gasteiger partial charge in [-0.3, -0.25) is 0 Å². The van der Waals surface area contributed by atoms with Gasteiger partial charge in [0, 0.05) is 33.5 Å². The third-order valence-corrected chi connectivity index (χ3v) is 12.7. The van der Waals surface area contributed by atoms with Crippen molar-refractivity contribution in [1.29, 1.82) is 0 Å². The number of fused-ring (bicyclic) bond motifs is 5. The quantitative estimate of drug-likeness (QED) is 0.161. The lowest BCUT2D eigenvalue weighted by molar-refractivity contribution is 0.427. The van der Waals surface area contributed by atoms with Crippen molar-refractivity contribution in [3.05, 3.63) is 269 Å².